The van der Waals surface area contributed by atoms with E-state index in [9.17, 15) is 0 Å². The molecule has 3 nitrogen and oxygen atoms in total. The lowest BCUT2D eigenvalue weighted by molar-refractivity contribution is 0.879. The van der Waals surface area contributed by atoms with Crippen molar-refractivity contribution in [2.45, 2.75) is 20.3 Å². The van der Waals surface area contributed by atoms with Gasteiger partial charge in [-0.3, -0.25) is 0 Å². The lowest BCUT2D eigenvalue weighted by atomic mass is 10.2. The quantitative estimate of drug-likeness (QED) is 0.934. The van der Waals surface area contributed by atoms with Gasteiger partial charge in [0.15, 0.2) is 0 Å². The summed E-state index contributed by atoms with van der Waals surface area (Å²) in [4.78, 5) is 0. The molecule has 0 fully saturated rings. The van der Waals surface area contributed by atoms with E-state index in [4.69, 9.17) is 28.9 Å². The third-order valence-electron chi connectivity index (χ3n) is 2.23. The zero-order chi connectivity index (χ0) is 13.5. The number of hydrogen-bond acceptors (Lipinski definition) is 2. The standard InChI is InChI=1S/C11H11Cl2N3.C2H6/c12-9-1-2-11(10(13)5-9)16-7-8(3-4-14)6-15-16;1-2/h1-2,5-7H,3-4,14H2;1-2H3. The van der Waals surface area contributed by atoms with Gasteiger partial charge in [0.1, 0.15) is 0 Å². The van der Waals surface area contributed by atoms with Crippen molar-refractivity contribution in [3.8, 4) is 5.69 Å². The summed E-state index contributed by atoms with van der Waals surface area (Å²) in [6.45, 7) is 4.61. The van der Waals surface area contributed by atoms with Crippen molar-refractivity contribution < 1.29 is 0 Å². The van der Waals surface area contributed by atoms with Crippen LogP contribution in [0.1, 0.15) is 19.4 Å². The average Bonchev–Trinajstić information content (AvgIpc) is 2.80. The van der Waals surface area contributed by atoms with E-state index in [1.807, 2.05) is 26.1 Å². The molecule has 0 atom stereocenters. The van der Waals surface area contributed by atoms with E-state index in [0.29, 0.717) is 16.6 Å². The van der Waals surface area contributed by atoms with E-state index in [0.717, 1.165) is 17.7 Å². The minimum Gasteiger partial charge on any atom is -0.330 e. The fourth-order valence-electron chi connectivity index (χ4n) is 1.45. The molecule has 18 heavy (non-hydrogen) atoms. The molecule has 0 unspecified atom stereocenters. The summed E-state index contributed by atoms with van der Waals surface area (Å²) < 4.78 is 1.73. The summed E-state index contributed by atoms with van der Waals surface area (Å²) in [7, 11) is 0. The molecule has 0 saturated carbocycles. The Morgan fingerprint density at radius 2 is 2.00 bits per heavy atom. The van der Waals surface area contributed by atoms with E-state index in [-0.39, 0.29) is 0 Å². The zero-order valence-electron chi connectivity index (χ0n) is 10.5. The van der Waals surface area contributed by atoms with Crippen LogP contribution in [0.2, 0.25) is 10.0 Å². The van der Waals surface area contributed by atoms with Crippen LogP contribution in [-0.4, -0.2) is 16.3 Å². The minimum atomic E-state index is 0.579. The number of aromatic nitrogens is 2. The number of nitrogens with zero attached hydrogens (tertiary/aromatic N) is 2. The Balaban J connectivity index is 0.000000771. The number of halogens is 2. The van der Waals surface area contributed by atoms with Gasteiger partial charge >= 0.3 is 0 Å². The van der Waals surface area contributed by atoms with Crippen LogP contribution in [0.3, 0.4) is 0 Å². The monoisotopic (exact) mass is 285 g/mol. The Morgan fingerprint density at radius 3 is 2.61 bits per heavy atom. The van der Waals surface area contributed by atoms with Crippen LogP contribution in [-0.2, 0) is 6.42 Å². The van der Waals surface area contributed by atoms with Crippen LogP contribution in [0.4, 0.5) is 0 Å². The molecule has 0 aliphatic rings. The topological polar surface area (TPSA) is 43.8 Å². The summed E-state index contributed by atoms with van der Waals surface area (Å²) >= 11 is 11.9. The van der Waals surface area contributed by atoms with Crippen molar-refractivity contribution in [2.75, 3.05) is 6.54 Å². The highest BCUT2D eigenvalue weighted by atomic mass is 35.5. The van der Waals surface area contributed by atoms with Crippen molar-refractivity contribution in [3.63, 3.8) is 0 Å². The second kappa shape index (κ2) is 7.41. The first-order valence-electron chi connectivity index (χ1n) is 5.90. The average molecular weight is 286 g/mol. The fraction of sp³-hybridized carbons (Fsp3) is 0.308. The smallest absolute Gasteiger partial charge is 0.0832 e. The number of benzene rings is 1. The fourth-order valence-corrected chi connectivity index (χ4v) is 1.95. The maximum absolute atomic E-state index is 6.08. The van der Waals surface area contributed by atoms with Crippen LogP contribution < -0.4 is 5.73 Å². The van der Waals surface area contributed by atoms with Crippen molar-refractivity contribution in [2.24, 2.45) is 5.73 Å². The van der Waals surface area contributed by atoms with E-state index in [1.54, 1.807) is 23.0 Å². The second-order valence-corrected chi connectivity index (χ2v) is 4.27. The third-order valence-corrected chi connectivity index (χ3v) is 2.76. The highest BCUT2D eigenvalue weighted by molar-refractivity contribution is 6.35. The first-order valence-corrected chi connectivity index (χ1v) is 6.65. The maximum Gasteiger partial charge on any atom is 0.0832 e. The normalized spacial score (nSPS) is 9.83. The molecule has 2 rings (SSSR count). The molecular weight excluding hydrogens is 269 g/mol. The van der Waals surface area contributed by atoms with Gasteiger partial charge in [-0.2, -0.15) is 5.10 Å². The predicted octanol–water partition coefficient (Wildman–Crippen LogP) is 3.71. The van der Waals surface area contributed by atoms with E-state index >= 15 is 0 Å². The molecule has 1 aromatic carbocycles. The highest BCUT2D eigenvalue weighted by Crippen LogP contribution is 2.23. The lowest BCUT2D eigenvalue weighted by Crippen LogP contribution is -2.01. The summed E-state index contributed by atoms with van der Waals surface area (Å²) in [6.07, 6.45) is 4.52. The molecule has 5 heteroatoms. The molecule has 0 bridgehead atoms. The first-order chi connectivity index (χ1) is 8.70. The molecule has 0 aliphatic carbocycles. The van der Waals surface area contributed by atoms with Gasteiger partial charge in [-0.1, -0.05) is 37.0 Å². The van der Waals surface area contributed by atoms with E-state index in [1.165, 1.54) is 0 Å². The number of rotatable bonds is 3. The Hall–Kier alpha value is -1.03. The van der Waals surface area contributed by atoms with Gasteiger partial charge < -0.3 is 5.73 Å². The molecule has 0 aliphatic heterocycles. The molecule has 1 aromatic heterocycles. The van der Waals surface area contributed by atoms with Gasteiger partial charge in [-0.15, -0.1) is 0 Å². The molecule has 2 N–H and O–H groups in total. The van der Waals surface area contributed by atoms with Gasteiger partial charge in [0.05, 0.1) is 16.9 Å². The Kier molecular flexibility index (Phi) is 6.19. The van der Waals surface area contributed by atoms with Gasteiger partial charge in [-0.25, -0.2) is 4.68 Å². The Morgan fingerprint density at radius 1 is 1.28 bits per heavy atom. The molecule has 2 aromatic rings. The van der Waals surface area contributed by atoms with Crippen molar-refractivity contribution in [1.29, 1.82) is 0 Å². The molecular formula is C13H17Cl2N3. The van der Waals surface area contributed by atoms with Gasteiger partial charge in [0, 0.05) is 11.2 Å². The number of nitrogens with two attached hydrogens (primary N) is 1. The molecule has 0 saturated heterocycles. The van der Waals surface area contributed by atoms with Gasteiger partial charge in [0.2, 0.25) is 0 Å². The highest BCUT2D eigenvalue weighted by Gasteiger charge is 2.05. The van der Waals surface area contributed by atoms with Gasteiger partial charge in [0.25, 0.3) is 0 Å². The molecule has 1 heterocycles. The summed E-state index contributed by atoms with van der Waals surface area (Å²) in [5, 5.41) is 5.42. The Labute approximate surface area is 118 Å². The van der Waals surface area contributed by atoms with E-state index in [2.05, 4.69) is 5.10 Å². The first kappa shape index (κ1) is 15.0. The molecule has 98 valence electrons. The minimum absolute atomic E-state index is 0.579. The molecule has 0 amide bonds. The largest absolute Gasteiger partial charge is 0.330 e. The predicted molar refractivity (Wildman–Crippen MR) is 77.7 cm³/mol. The second-order valence-electron chi connectivity index (χ2n) is 3.43. The van der Waals surface area contributed by atoms with Crippen molar-refractivity contribution in [1.82, 2.24) is 9.78 Å². The summed E-state index contributed by atoms with van der Waals surface area (Å²) in [6, 6.07) is 5.32. The third kappa shape index (κ3) is 3.73. The lowest BCUT2D eigenvalue weighted by Gasteiger charge is -2.03. The van der Waals surface area contributed by atoms with Crippen LogP contribution in [0.25, 0.3) is 5.69 Å². The van der Waals surface area contributed by atoms with Crippen LogP contribution in [0, 0.1) is 0 Å². The van der Waals surface area contributed by atoms with Crippen LogP contribution in [0.5, 0.6) is 0 Å². The van der Waals surface area contributed by atoms with Crippen molar-refractivity contribution in [3.05, 3.63) is 46.2 Å². The maximum atomic E-state index is 6.08. The summed E-state index contributed by atoms with van der Waals surface area (Å²) in [5.41, 5.74) is 7.38. The summed E-state index contributed by atoms with van der Waals surface area (Å²) in [5.74, 6) is 0. The number of hydrogen-bond donors (Lipinski definition) is 1. The van der Waals surface area contributed by atoms with Crippen LogP contribution >= 0.6 is 23.2 Å². The molecule has 0 radical (unpaired) electrons. The van der Waals surface area contributed by atoms with E-state index < -0.39 is 0 Å². The molecule has 0 spiro atoms. The van der Waals surface area contributed by atoms with Crippen molar-refractivity contribution >= 4 is 23.2 Å². The van der Waals surface area contributed by atoms with Gasteiger partial charge in [-0.05, 0) is 36.7 Å². The zero-order valence-corrected chi connectivity index (χ0v) is 12.0. The van der Waals surface area contributed by atoms with Crippen LogP contribution in [0.15, 0.2) is 30.6 Å². The SMILES string of the molecule is CC.NCCc1cnn(-c2ccc(Cl)cc2Cl)c1. The Bertz CT molecular complexity index is 495.